The fraction of sp³-hybridized carbons (Fsp3) is 0.364. The molecule has 4 aromatic carbocycles. The average molecular weight is 1730 g/mol. The predicted octanol–water partition coefficient (Wildman–Crippen LogP) is 13.8. The summed E-state index contributed by atoms with van der Waals surface area (Å²) >= 11 is 3.16. The Labute approximate surface area is 715 Å². The number of hydrogen-bond donors (Lipinski definition) is 6. The summed E-state index contributed by atoms with van der Waals surface area (Å²) in [5.41, 5.74) is 39.4. The minimum Gasteiger partial charge on any atom is -0.481 e. The largest absolute Gasteiger partial charge is 0.481 e. The van der Waals surface area contributed by atoms with Gasteiger partial charge in [0.05, 0.1) is 136 Å². The maximum Gasteiger partial charge on any atom is 0.310 e. The van der Waals surface area contributed by atoms with E-state index in [0.717, 1.165) is 204 Å². The van der Waals surface area contributed by atoms with E-state index in [2.05, 4.69) is 94.4 Å². The number of carboxylic acids is 1. The highest BCUT2D eigenvalue weighted by Crippen LogP contribution is 2.39. The average Bonchev–Trinajstić information content (AvgIpc) is 1.69. The van der Waals surface area contributed by atoms with Crippen molar-refractivity contribution in [2.45, 2.75) is 124 Å². The van der Waals surface area contributed by atoms with Crippen molar-refractivity contribution in [3.8, 4) is 33.8 Å². The maximum atomic E-state index is 12.1. The quantitative estimate of drug-likeness (QED) is 0.0343. The fourth-order valence-corrected chi connectivity index (χ4v) is 16.0. The highest BCUT2D eigenvalue weighted by Gasteiger charge is 2.27. The minimum absolute atomic E-state index is 0.00237. The number of ether oxygens (including phenoxy) is 5. The van der Waals surface area contributed by atoms with E-state index in [9.17, 15) is 24.3 Å². The number of methoxy groups -OCH3 is 2. The number of aromatic amines is 1. The van der Waals surface area contributed by atoms with Gasteiger partial charge in [0.2, 0.25) is 5.91 Å². The van der Waals surface area contributed by atoms with E-state index in [-0.39, 0.29) is 60.8 Å². The summed E-state index contributed by atoms with van der Waals surface area (Å²) in [7, 11) is 6.30. The van der Waals surface area contributed by atoms with Gasteiger partial charge in [-0.15, -0.1) is 0 Å². The molecule has 19 rings (SSSR count). The molecule has 0 aliphatic carbocycles. The lowest BCUT2D eigenvalue weighted by molar-refractivity contribution is -0.145. The van der Waals surface area contributed by atoms with Crippen LogP contribution in [0.3, 0.4) is 0 Å². The lowest BCUT2D eigenvalue weighted by Gasteiger charge is -2.24. The first-order valence-electron chi connectivity index (χ1n) is 41.1. The second-order valence-electron chi connectivity index (χ2n) is 31.4. The third-order valence-corrected chi connectivity index (χ3v) is 23.3. The topological polar surface area (TPSA) is 442 Å². The molecular formula is C88H99BrN24O10. The van der Waals surface area contributed by atoms with E-state index in [1.807, 2.05) is 132 Å². The third-order valence-electron chi connectivity index (χ3n) is 22.3. The summed E-state index contributed by atoms with van der Waals surface area (Å²) in [4.78, 5) is 69.8. The monoisotopic (exact) mass is 1730 g/mol. The number of rotatable bonds is 18. The summed E-state index contributed by atoms with van der Waals surface area (Å²) in [6.07, 6.45) is 25.9. The lowest BCUT2D eigenvalue weighted by Crippen LogP contribution is -2.30. The van der Waals surface area contributed by atoms with Crippen molar-refractivity contribution in [3.05, 3.63) is 146 Å². The van der Waals surface area contributed by atoms with Gasteiger partial charge in [0.15, 0.2) is 18.7 Å². The van der Waals surface area contributed by atoms with E-state index >= 15 is 0 Å². The Morgan fingerprint density at radius 3 is 1.26 bits per heavy atom. The molecule has 0 spiro atoms. The fourth-order valence-electron chi connectivity index (χ4n) is 15.7. The van der Waals surface area contributed by atoms with Crippen molar-refractivity contribution in [1.29, 1.82) is 0 Å². The number of carbonyl (C=O) groups is 4. The molecule has 638 valence electrons. The number of amides is 1. The number of alkyl halides is 1. The summed E-state index contributed by atoms with van der Waals surface area (Å²) in [6.45, 7) is 11.3. The summed E-state index contributed by atoms with van der Waals surface area (Å²) < 4.78 is 38.0. The number of anilines is 4. The number of hydrogen-bond acceptors (Lipinski definition) is 25. The molecular weight excluding hydrogens is 1630 g/mol. The number of nitrogens with zero attached hydrogens (tertiary/aromatic N) is 19. The van der Waals surface area contributed by atoms with Crippen LogP contribution in [0.5, 0.6) is 0 Å². The van der Waals surface area contributed by atoms with Gasteiger partial charge in [-0.05, 0) is 142 Å². The standard InChI is InChI=1S/C23H26N6O3.C22H24N6O3.C20H22N6O.C18H18N6O.C5H9BrO2/c1-14(23(30)31-2)12-28-13-17-21(27-28)16-7-6-15(11-18(16)26-22(17)24)19-8-9-25-29(19)20-5-3-4-10-32-20;1-13(22(29)30)11-27-12-16-20(26-27)15-6-5-14(10-17(15)25-21(16)23)18-7-8-24-28(18)19-4-2-3-9-31-19;1-12(20(27)25(2)3)10-26-11-16-18(24-26)15-5-4-13(14-6-7-22-9-14)8-17(15)23-19(16)21;19-18-13-10-20-23-17(13)12-5-4-11(9-14(12)22-18)15-6-7-21-24(15)16-3-1-2-8-25-16;1-4(3-6)5(7)8-2/h6-9,11,13-14,20H,3-5,10,12H2,1-2H3,(H2,24,26);5-8,10,12-13,19H,2-4,9,11H2,1H3,(H2,23,25)(H,29,30);4-8,11-12H,9-10H2,1-3H3,(H2,21,23);4-7,9-10,16H,1-3,8H2,(H2,19,22)(H,20,23);4H,3H2,1-2H3/t;;;;4-/m....0/s1. The van der Waals surface area contributed by atoms with Crippen LogP contribution in [0, 0.1) is 23.7 Å². The van der Waals surface area contributed by atoms with E-state index in [4.69, 9.17) is 52.1 Å². The second-order valence-corrected chi connectivity index (χ2v) is 32.1. The van der Waals surface area contributed by atoms with Crippen LogP contribution in [0.2, 0.25) is 0 Å². The van der Waals surface area contributed by atoms with Gasteiger partial charge in [-0.2, -0.15) is 35.7 Å². The van der Waals surface area contributed by atoms with E-state index in [1.54, 1.807) is 71.7 Å². The molecule has 3 saturated heterocycles. The van der Waals surface area contributed by atoms with Crippen LogP contribution in [-0.2, 0) is 62.5 Å². The number of aliphatic carboxylic acids is 1. The number of nitrogens with one attached hydrogen (secondary N) is 1. The van der Waals surface area contributed by atoms with Gasteiger partial charge in [-0.25, -0.2) is 34.0 Å². The van der Waals surface area contributed by atoms with Crippen molar-refractivity contribution < 1.29 is 48.0 Å². The number of benzene rings is 4. The number of aliphatic imine (C=N–C) groups is 1. The van der Waals surface area contributed by atoms with Crippen LogP contribution < -0.4 is 22.9 Å². The van der Waals surface area contributed by atoms with Crippen molar-refractivity contribution in [2.75, 3.05) is 82.9 Å². The van der Waals surface area contributed by atoms with E-state index in [1.165, 1.54) is 19.8 Å². The molecule has 34 nitrogen and oxygen atoms in total. The normalized spacial score (nSPS) is 16.9. The Bertz CT molecular complexity index is 6460. The molecule has 7 atom stereocenters. The number of allylic oxidation sites excluding steroid dienone is 1. The molecule has 0 saturated carbocycles. The maximum absolute atomic E-state index is 12.1. The first kappa shape index (κ1) is 84.9. The van der Waals surface area contributed by atoms with Crippen molar-refractivity contribution in [2.24, 2.45) is 28.7 Å². The zero-order valence-electron chi connectivity index (χ0n) is 69.7. The molecule has 11 aromatic heterocycles. The molecule has 3 fully saturated rings. The Morgan fingerprint density at radius 2 is 0.886 bits per heavy atom. The summed E-state index contributed by atoms with van der Waals surface area (Å²) in [6, 6.07) is 30.3. The summed E-state index contributed by atoms with van der Waals surface area (Å²) in [5.74, 6) is -0.583. The number of carbonyl (C=O) groups excluding carboxylic acids is 3. The molecule has 15 heterocycles. The Kier molecular flexibility index (Phi) is 25.9. The van der Waals surface area contributed by atoms with Crippen LogP contribution >= 0.6 is 15.9 Å². The first-order valence-corrected chi connectivity index (χ1v) is 42.2. The molecule has 1 amide bonds. The molecule has 123 heavy (non-hydrogen) atoms. The minimum atomic E-state index is -0.862. The number of aromatic nitrogens is 18. The van der Waals surface area contributed by atoms with Crippen molar-refractivity contribution in [1.82, 2.24) is 93.7 Å². The van der Waals surface area contributed by atoms with E-state index in [0.29, 0.717) is 48.2 Å². The molecule has 6 unspecified atom stereocenters. The molecule has 0 radical (unpaired) electrons. The van der Waals surface area contributed by atoms with Gasteiger partial charge in [0, 0.05) is 121 Å². The van der Waals surface area contributed by atoms with Crippen molar-refractivity contribution in [3.63, 3.8) is 0 Å². The SMILES string of the molecule is CC(Cn1cc2c(N)nc3cc(-c4ccnn4C4CCCCO4)ccc3c2n1)C(=O)O.CC(Cn1cc2c(N)nc3cc(C4=CC=NC4)ccc3c2n1)C(=O)N(C)C.COC(=O)C(C)Cn1cc2c(N)nc3cc(-c4ccnn4C4CCCCO4)ccc3c2n1.COC(=O)[C@@H](C)CBr.Nc1nc2cc(-c3ccnn3C3CCCCO3)ccc2c2[nH]ncc12. The van der Waals surface area contributed by atoms with Crippen LogP contribution in [0.4, 0.5) is 23.3 Å². The van der Waals surface area contributed by atoms with Crippen LogP contribution in [-0.4, -0.2) is 189 Å². The number of esters is 2. The molecule has 0 bridgehead atoms. The van der Waals surface area contributed by atoms with Gasteiger partial charge in [-0.3, -0.25) is 43.3 Å². The number of nitrogen functional groups attached to an aromatic ring is 4. The van der Waals surface area contributed by atoms with Gasteiger partial charge in [0.1, 0.15) is 39.8 Å². The Balaban J connectivity index is 0.000000124. The number of pyridine rings is 4. The highest BCUT2D eigenvalue weighted by atomic mass is 79.9. The smallest absolute Gasteiger partial charge is 0.310 e. The zero-order chi connectivity index (χ0) is 86.3. The van der Waals surface area contributed by atoms with E-state index < -0.39 is 11.9 Å². The number of carboxylic acid groups (broad SMARTS) is 1. The molecule has 4 aliphatic rings. The number of nitrogens with two attached hydrogens (primary N) is 4. The number of fused-ring (bicyclic) bond motifs is 12. The number of halogens is 1. The van der Waals surface area contributed by atoms with Gasteiger partial charge >= 0.3 is 17.9 Å². The second kappa shape index (κ2) is 37.5. The molecule has 4 aliphatic heterocycles. The lowest BCUT2D eigenvalue weighted by atomic mass is 10.0. The Morgan fingerprint density at radius 1 is 0.504 bits per heavy atom. The van der Waals surface area contributed by atoms with Gasteiger partial charge in [-0.1, -0.05) is 67.9 Å². The molecule has 15 aromatic rings. The Hall–Kier alpha value is -13.1. The highest BCUT2D eigenvalue weighted by molar-refractivity contribution is 9.09. The van der Waals surface area contributed by atoms with Crippen LogP contribution in [0.15, 0.2) is 145 Å². The van der Waals surface area contributed by atoms with Gasteiger partial charge in [0.25, 0.3) is 0 Å². The predicted molar refractivity (Wildman–Crippen MR) is 476 cm³/mol. The third kappa shape index (κ3) is 18.4. The first-order chi connectivity index (χ1) is 59.5. The molecule has 35 heteroatoms. The number of H-pyrrole nitrogens is 1. The van der Waals surface area contributed by atoms with Crippen LogP contribution in [0.25, 0.3) is 127 Å². The van der Waals surface area contributed by atoms with Crippen LogP contribution in [0.1, 0.15) is 110 Å². The van der Waals surface area contributed by atoms with Gasteiger partial charge < -0.3 is 56.6 Å². The molecule has 10 N–H and O–H groups in total. The van der Waals surface area contributed by atoms with Crippen molar-refractivity contribution >= 4 is 162 Å². The summed E-state index contributed by atoms with van der Waals surface area (Å²) in [5, 5.41) is 51.3. The zero-order valence-corrected chi connectivity index (χ0v) is 71.3.